The lowest BCUT2D eigenvalue weighted by molar-refractivity contribution is 0.858. The van der Waals surface area contributed by atoms with Gasteiger partial charge in [-0.3, -0.25) is 4.98 Å². The van der Waals surface area contributed by atoms with Gasteiger partial charge in [0.25, 0.3) is 0 Å². The Kier molecular flexibility index (Phi) is 4.28. The quantitative estimate of drug-likeness (QED) is 0.720. The van der Waals surface area contributed by atoms with Crippen molar-refractivity contribution >= 4 is 0 Å². The predicted octanol–water partition coefficient (Wildman–Crippen LogP) is 4.29. The average Bonchev–Trinajstić information content (AvgIpc) is 2.84. The van der Waals surface area contributed by atoms with Gasteiger partial charge < -0.3 is 4.57 Å². The molecule has 3 aromatic rings. The number of hydrogen-bond donors (Lipinski definition) is 0. The molecule has 3 rings (SSSR count). The fourth-order valence-electron chi connectivity index (χ4n) is 3.02. The summed E-state index contributed by atoms with van der Waals surface area (Å²) >= 11 is 0. The first-order chi connectivity index (χ1) is 11.0. The van der Waals surface area contributed by atoms with Gasteiger partial charge in [0.2, 0.25) is 0 Å². The number of aryl methyl sites for hydroxylation is 6. The summed E-state index contributed by atoms with van der Waals surface area (Å²) < 4.78 is 2.21. The molecule has 0 spiro atoms. The van der Waals surface area contributed by atoms with E-state index in [1.54, 1.807) is 0 Å². The van der Waals surface area contributed by atoms with Crippen LogP contribution in [0.15, 0.2) is 42.7 Å². The van der Waals surface area contributed by atoms with Crippen LogP contribution in [0.2, 0.25) is 0 Å². The summed E-state index contributed by atoms with van der Waals surface area (Å²) in [7, 11) is 0. The van der Waals surface area contributed by atoms with E-state index in [4.69, 9.17) is 4.98 Å². The Morgan fingerprint density at radius 2 is 1.57 bits per heavy atom. The van der Waals surface area contributed by atoms with Gasteiger partial charge in [-0.15, -0.1) is 0 Å². The molecule has 0 radical (unpaired) electrons. The molecule has 3 heteroatoms. The molecule has 0 unspecified atom stereocenters. The fourth-order valence-corrected chi connectivity index (χ4v) is 3.02. The highest BCUT2D eigenvalue weighted by Gasteiger charge is 2.08. The van der Waals surface area contributed by atoms with Crippen LogP contribution in [-0.2, 0) is 12.8 Å². The molecular formula is C20H23N3. The molecule has 0 bridgehead atoms. The smallest absolute Gasteiger partial charge is 0.137 e. The zero-order valence-corrected chi connectivity index (χ0v) is 14.3. The highest BCUT2D eigenvalue weighted by molar-refractivity contribution is 5.36. The summed E-state index contributed by atoms with van der Waals surface area (Å²) in [6.07, 6.45) is 5.74. The van der Waals surface area contributed by atoms with Gasteiger partial charge in [-0.05, 0) is 81.5 Å². The molecule has 3 heterocycles. The summed E-state index contributed by atoms with van der Waals surface area (Å²) in [4.78, 5) is 9.15. The molecule has 0 aromatic carbocycles. The largest absolute Gasteiger partial charge is 0.303 e. The summed E-state index contributed by atoms with van der Waals surface area (Å²) in [5.74, 6) is 1.02. The zero-order valence-electron chi connectivity index (χ0n) is 14.3. The van der Waals surface area contributed by atoms with Crippen molar-refractivity contribution in [3.8, 4) is 5.82 Å². The Labute approximate surface area is 138 Å². The second kappa shape index (κ2) is 6.37. The lowest BCUT2D eigenvalue weighted by atomic mass is 10.1. The number of pyridine rings is 2. The average molecular weight is 305 g/mol. The summed E-state index contributed by atoms with van der Waals surface area (Å²) in [5.41, 5.74) is 7.29. The van der Waals surface area contributed by atoms with Gasteiger partial charge in [-0.25, -0.2) is 4.98 Å². The monoisotopic (exact) mass is 305 g/mol. The molecule has 0 saturated carbocycles. The number of aromatic nitrogens is 3. The van der Waals surface area contributed by atoms with Gasteiger partial charge >= 0.3 is 0 Å². The van der Waals surface area contributed by atoms with Crippen molar-refractivity contribution in [1.29, 1.82) is 0 Å². The van der Waals surface area contributed by atoms with Crippen molar-refractivity contribution in [2.45, 2.75) is 40.5 Å². The first-order valence-electron chi connectivity index (χ1n) is 8.06. The first-order valence-corrected chi connectivity index (χ1v) is 8.06. The van der Waals surface area contributed by atoms with Crippen molar-refractivity contribution in [1.82, 2.24) is 14.5 Å². The minimum absolute atomic E-state index is 0.930. The van der Waals surface area contributed by atoms with Crippen LogP contribution < -0.4 is 0 Å². The topological polar surface area (TPSA) is 30.7 Å². The Balaban J connectivity index is 1.86. The van der Waals surface area contributed by atoms with Crippen LogP contribution in [0, 0.1) is 27.7 Å². The highest BCUT2D eigenvalue weighted by atomic mass is 15.1. The molecule has 3 aromatic heterocycles. The maximum Gasteiger partial charge on any atom is 0.137 e. The summed E-state index contributed by atoms with van der Waals surface area (Å²) in [6, 6.07) is 10.8. The third kappa shape index (κ3) is 3.50. The number of hydrogen-bond acceptors (Lipinski definition) is 2. The van der Waals surface area contributed by atoms with Gasteiger partial charge in [0, 0.05) is 29.5 Å². The predicted molar refractivity (Wildman–Crippen MR) is 94.2 cm³/mol. The van der Waals surface area contributed by atoms with Gasteiger partial charge in [0.05, 0.1) is 0 Å². The zero-order chi connectivity index (χ0) is 16.4. The molecule has 0 saturated heterocycles. The summed E-state index contributed by atoms with van der Waals surface area (Å²) in [5, 5.41) is 0. The Hall–Kier alpha value is -2.42. The van der Waals surface area contributed by atoms with E-state index in [0.717, 1.165) is 24.4 Å². The van der Waals surface area contributed by atoms with Crippen molar-refractivity contribution in [3.63, 3.8) is 0 Å². The maximum absolute atomic E-state index is 4.88. The number of rotatable bonds is 4. The molecule has 3 nitrogen and oxygen atoms in total. The molecule has 0 N–H and O–H groups in total. The lowest BCUT2D eigenvalue weighted by Gasteiger charge is -2.12. The van der Waals surface area contributed by atoms with Crippen LogP contribution in [0.1, 0.15) is 33.8 Å². The van der Waals surface area contributed by atoms with E-state index in [1.165, 1.54) is 28.1 Å². The van der Waals surface area contributed by atoms with E-state index >= 15 is 0 Å². The van der Waals surface area contributed by atoms with E-state index in [9.17, 15) is 0 Å². The van der Waals surface area contributed by atoms with Gasteiger partial charge in [-0.1, -0.05) is 6.07 Å². The normalized spacial score (nSPS) is 11.0. The van der Waals surface area contributed by atoms with Crippen LogP contribution >= 0.6 is 0 Å². The van der Waals surface area contributed by atoms with E-state index in [1.807, 2.05) is 12.4 Å². The molecule has 23 heavy (non-hydrogen) atoms. The standard InChI is InChI=1S/C20H23N3/c1-14-10-19(8-7-18-9-15(2)12-21-13-18)22-20(11-14)23-16(3)5-6-17(23)4/h5-6,9-13H,7-8H2,1-4H3. The van der Waals surface area contributed by atoms with Crippen LogP contribution in [0.3, 0.4) is 0 Å². The molecular weight excluding hydrogens is 282 g/mol. The van der Waals surface area contributed by atoms with Crippen LogP contribution in [0.5, 0.6) is 0 Å². The molecule has 0 aliphatic rings. The maximum atomic E-state index is 4.88. The van der Waals surface area contributed by atoms with Crippen molar-refractivity contribution in [2.75, 3.05) is 0 Å². The Bertz CT molecular complexity index is 811. The van der Waals surface area contributed by atoms with E-state index in [-0.39, 0.29) is 0 Å². The lowest BCUT2D eigenvalue weighted by Crippen LogP contribution is -2.05. The third-order valence-corrected chi connectivity index (χ3v) is 4.11. The third-order valence-electron chi connectivity index (χ3n) is 4.11. The second-order valence-corrected chi connectivity index (χ2v) is 6.32. The van der Waals surface area contributed by atoms with Gasteiger partial charge in [0.15, 0.2) is 0 Å². The van der Waals surface area contributed by atoms with Crippen LogP contribution in [0.25, 0.3) is 5.82 Å². The van der Waals surface area contributed by atoms with E-state index < -0.39 is 0 Å². The minimum atomic E-state index is 0.930. The molecule has 0 aliphatic carbocycles. The Morgan fingerprint density at radius 1 is 0.826 bits per heavy atom. The molecule has 0 atom stereocenters. The van der Waals surface area contributed by atoms with Crippen molar-refractivity contribution < 1.29 is 0 Å². The Morgan fingerprint density at radius 3 is 2.26 bits per heavy atom. The molecule has 118 valence electrons. The van der Waals surface area contributed by atoms with Crippen LogP contribution in [-0.4, -0.2) is 14.5 Å². The van der Waals surface area contributed by atoms with Gasteiger partial charge in [0.1, 0.15) is 5.82 Å². The SMILES string of the molecule is Cc1cncc(CCc2cc(C)cc(-n3c(C)ccc3C)n2)c1. The first kappa shape index (κ1) is 15.5. The molecule has 0 fully saturated rings. The molecule has 0 amide bonds. The van der Waals surface area contributed by atoms with Crippen molar-refractivity contribution in [2.24, 2.45) is 0 Å². The van der Waals surface area contributed by atoms with Gasteiger partial charge in [-0.2, -0.15) is 0 Å². The second-order valence-electron chi connectivity index (χ2n) is 6.32. The number of nitrogens with zero attached hydrogens (tertiary/aromatic N) is 3. The fraction of sp³-hybridized carbons (Fsp3) is 0.300. The van der Waals surface area contributed by atoms with Crippen molar-refractivity contribution in [3.05, 3.63) is 76.5 Å². The van der Waals surface area contributed by atoms with Crippen LogP contribution in [0.4, 0.5) is 0 Å². The highest BCUT2D eigenvalue weighted by Crippen LogP contribution is 2.17. The van der Waals surface area contributed by atoms with E-state index in [0.29, 0.717) is 0 Å². The molecule has 0 aliphatic heterocycles. The van der Waals surface area contributed by atoms with E-state index in [2.05, 4.69) is 67.6 Å². The minimum Gasteiger partial charge on any atom is -0.303 e. The summed E-state index contributed by atoms with van der Waals surface area (Å²) in [6.45, 7) is 8.46.